The Labute approximate surface area is 182 Å². The summed E-state index contributed by atoms with van der Waals surface area (Å²) in [6.07, 6.45) is 1.55. The molecule has 0 fully saturated rings. The molecule has 0 aromatic heterocycles. The van der Waals surface area contributed by atoms with Crippen LogP contribution in [0.4, 0.5) is 0 Å². The van der Waals surface area contributed by atoms with Crippen molar-refractivity contribution in [1.82, 2.24) is 5.43 Å². The van der Waals surface area contributed by atoms with E-state index in [1.54, 1.807) is 30.5 Å². The Bertz CT molecular complexity index is 1000. The van der Waals surface area contributed by atoms with Crippen LogP contribution in [0.1, 0.15) is 35.3 Å². The van der Waals surface area contributed by atoms with Gasteiger partial charge in [0.1, 0.15) is 23.9 Å². The van der Waals surface area contributed by atoms with Gasteiger partial charge in [-0.15, -0.1) is 0 Å². The maximum absolute atomic E-state index is 12.4. The van der Waals surface area contributed by atoms with Crippen LogP contribution < -0.4 is 19.6 Å². The van der Waals surface area contributed by atoms with E-state index < -0.39 is 0 Å². The second kappa shape index (κ2) is 11.4. The van der Waals surface area contributed by atoms with Gasteiger partial charge in [0, 0.05) is 17.2 Å². The smallest absolute Gasteiger partial charge is 0.271 e. The molecule has 1 amide bonds. The van der Waals surface area contributed by atoms with E-state index in [0.29, 0.717) is 36.9 Å². The Morgan fingerprint density at radius 1 is 0.871 bits per heavy atom. The Kier molecular flexibility index (Phi) is 8.05. The Morgan fingerprint density at radius 3 is 2.29 bits per heavy atom. The number of rotatable bonds is 10. The molecule has 3 rings (SSSR count). The third-order valence-corrected chi connectivity index (χ3v) is 4.33. The predicted octanol–water partition coefficient (Wildman–Crippen LogP) is 4.83. The molecule has 3 aromatic rings. The van der Waals surface area contributed by atoms with Gasteiger partial charge < -0.3 is 14.2 Å². The van der Waals surface area contributed by atoms with Crippen molar-refractivity contribution < 1.29 is 19.0 Å². The molecule has 0 bridgehead atoms. The molecular formula is C25H26N2O4. The molecule has 6 heteroatoms. The minimum atomic E-state index is -0.310. The molecule has 3 aromatic carbocycles. The predicted molar refractivity (Wildman–Crippen MR) is 121 cm³/mol. The zero-order chi connectivity index (χ0) is 21.9. The highest BCUT2D eigenvalue weighted by atomic mass is 16.5. The van der Waals surface area contributed by atoms with Crippen LogP contribution in [0.2, 0.25) is 0 Å². The Morgan fingerprint density at radius 2 is 1.58 bits per heavy atom. The van der Waals surface area contributed by atoms with E-state index in [1.165, 1.54) is 0 Å². The molecule has 1 N–H and O–H groups in total. The fourth-order valence-corrected chi connectivity index (χ4v) is 2.83. The van der Waals surface area contributed by atoms with E-state index in [-0.39, 0.29) is 5.91 Å². The summed E-state index contributed by atoms with van der Waals surface area (Å²) in [5, 5.41) is 4.06. The fourth-order valence-electron chi connectivity index (χ4n) is 2.83. The molecule has 0 unspecified atom stereocenters. The summed E-state index contributed by atoms with van der Waals surface area (Å²) in [6.45, 7) is 5.39. The minimum absolute atomic E-state index is 0.310. The third-order valence-electron chi connectivity index (χ3n) is 4.33. The number of benzene rings is 3. The molecule has 0 aliphatic rings. The number of hydrazone groups is 1. The number of carbonyl (C=O) groups excluding carboxylic acids is 1. The van der Waals surface area contributed by atoms with Crippen LogP contribution in [-0.2, 0) is 6.61 Å². The summed E-state index contributed by atoms with van der Waals surface area (Å²) in [6, 6.07) is 22.3. The van der Waals surface area contributed by atoms with Crippen molar-refractivity contribution in [2.75, 3.05) is 13.2 Å². The molecule has 6 nitrogen and oxygen atoms in total. The Hall–Kier alpha value is -3.80. The van der Waals surface area contributed by atoms with Crippen molar-refractivity contribution in [1.29, 1.82) is 0 Å². The van der Waals surface area contributed by atoms with Crippen molar-refractivity contribution in [2.24, 2.45) is 5.10 Å². The Balaban J connectivity index is 1.57. The topological polar surface area (TPSA) is 69.2 Å². The molecule has 0 aliphatic heterocycles. The highest BCUT2D eigenvalue weighted by Crippen LogP contribution is 2.24. The normalized spacial score (nSPS) is 10.6. The second-order valence-electron chi connectivity index (χ2n) is 6.56. The number of hydrogen-bond donors (Lipinski definition) is 1. The van der Waals surface area contributed by atoms with E-state index in [9.17, 15) is 4.79 Å². The van der Waals surface area contributed by atoms with E-state index >= 15 is 0 Å². The number of ether oxygens (including phenoxy) is 3. The largest absolute Gasteiger partial charge is 0.494 e. The lowest BCUT2D eigenvalue weighted by molar-refractivity contribution is 0.0955. The van der Waals surface area contributed by atoms with Crippen molar-refractivity contribution in [3.05, 3.63) is 89.5 Å². The zero-order valence-corrected chi connectivity index (χ0v) is 17.7. The van der Waals surface area contributed by atoms with Gasteiger partial charge in [-0.25, -0.2) is 5.43 Å². The zero-order valence-electron chi connectivity index (χ0n) is 17.7. The lowest BCUT2D eigenvalue weighted by atomic mass is 10.2. The summed E-state index contributed by atoms with van der Waals surface area (Å²) in [5.74, 6) is 1.75. The quantitative estimate of drug-likeness (QED) is 0.378. The SMILES string of the molecule is CCOc1ccc(/C=N/NC(=O)c2ccc(OCc3ccccc3)cc2)c(OCC)c1. The second-order valence-corrected chi connectivity index (χ2v) is 6.56. The molecule has 0 saturated carbocycles. The van der Waals surface area contributed by atoms with Crippen molar-refractivity contribution in [3.63, 3.8) is 0 Å². The van der Waals surface area contributed by atoms with Gasteiger partial charge in [-0.2, -0.15) is 5.10 Å². The summed E-state index contributed by atoms with van der Waals surface area (Å²) in [7, 11) is 0. The van der Waals surface area contributed by atoms with Crippen molar-refractivity contribution in [2.45, 2.75) is 20.5 Å². The first-order valence-electron chi connectivity index (χ1n) is 10.2. The van der Waals surface area contributed by atoms with Gasteiger partial charge in [0.25, 0.3) is 5.91 Å². The number of hydrogen-bond acceptors (Lipinski definition) is 5. The van der Waals surface area contributed by atoms with E-state index in [2.05, 4.69) is 10.5 Å². The third kappa shape index (κ3) is 6.60. The first-order valence-corrected chi connectivity index (χ1v) is 10.2. The molecule has 0 spiro atoms. The van der Waals surface area contributed by atoms with Gasteiger partial charge >= 0.3 is 0 Å². The van der Waals surface area contributed by atoms with Gasteiger partial charge in [-0.05, 0) is 55.8 Å². The molecule has 0 atom stereocenters. The van der Waals surface area contributed by atoms with Crippen LogP contribution in [0.5, 0.6) is 17.2 Å². The summed E-state index contributed by atoms with van der Waals surface area (Å²) in [5.41, 5.74) is 4.85. The van der Waals surface area contributed by atoms with E-state index in [0.717, 1.165) is 16.9 Å². The lowest BCUT2D eigenvalue weighted by Crippen LogP contribution is -2.17. The first-order chi connectivity index (χ1) is 15.2. The number of carbonyl (C=O) groups is 1. The van der Waals surface area contributed by atoms with Crippen LogP contribution in [0, 0.1) is 0 Å². The average Bonchev–Trinajstić information content (AvgIpc) is 2.80. The van der Waals surface area contributed by atoms with E-state index in [1.807, 2.05) is 62.4 Å². The van der Waals surface area contributed by atoms with Crippen molar-refractivity contribution in [3.8, 4) is 17.2 Å². The monoisotopic (exact) mass is 418 g/mol. The molecule has 0 radical (unpaired) electrons. The highest BCUT2D eigenvalue weighted by molar-refractivity contribution is 5.95. The molecule has 0 aliphatic carbocycles. The van der Waals surface area contributed by atoms with Crippen molar-refractivity contribution >= 4 is 12.1 Å². The van der Waals surface area contributed by atoms with Gasteiger partial charge in [0.2, 0.25) is 0 Å². The van der Waals surface area contributed by atoms with E-state index in [4.69, 9.17) is 14.2 Å². The van der Waals surface area contributed by atoms with Crippen LogP contribution in [0.3, 0.4) is 0 Å². The maximum Gasteiger partial charge on any atom is 0.271 e. The molecule has 31 heavy (non-hydrogen) atoms. The molecule has 0 heterocycles. The maximum atomic E-state index is 12.4. The average molecular weight is 418 g/mol. The first kappa shape index (κ1) is 21.9. The van der Waals surface area contributed by atoms with Gasteiger partial charge in [-0.1, -0.05) is 30.3 Å². The van der Waals surface area contributed by atoms with Gasteiger partial charge in [0.15, 0.2) is 0 Å². The number of amides is 1. The molecular weight excluding hydrogens is 392 g/mol. The van der Waals surface area contributed by atoms with Crippen LogP contribution in [0.25, 0.3) is 0 Å². The standard InChI is InChI=1S/C25H26N2O4/c1-3-29-23-15-12-21(24(16-23)30-4-2)17-26-27-25(28)20-10-13-22(14-11-20)31-18-19-8-6-5-7-9-19/h5-17H,3-4,18H2,1-2H3,(H,27,28)/b26-17+. The van der Waals surface area contributed by atoms with Crippen LogP contribution in [-0.4, -0.2) is 25.3 Å². The summed E-state index contributed by atoms with van der Waals surface area (Å²) < 4.78 is 16.9. The minimum Gasteiger partial charge on any atom is -0.494 e. The number of nitrogens with one attached hydrogen (secondary N) is 1. The summed E-state index contributed by atoms with van der Waals surface area (Å²) in [4.78, 5) is 12.4. The van der Waals surface area contributed by atoms with Gasteiger partial charge in [-0.3, -0.25) is 4.79 Å². The molecule has 0 saturated heterocycles. The lowest BCUT2D eigenvalue weighted by Gasteiger charge is -2.10. The number of nitrogens with zero attached hydrogens (tertiary/aromatic N) is 1. The van der Waals surface area contributed by atoms with Gasteiger partial charge in [0.05, 0.1) is 19.4 Å². The highest BCUT2D eigenvalue weighted by Gasteiger charge is 2.07. The van der Waals surface area contributed by atoms with Crippen LogP contribution >= 0.6 is 0 Å². The fraction of sp³-hybridized carbons (Fsp3) is 0.200. The van der Waals surface area contributed by atoms with Crippen LogP contribution in [0.15, 0.2) is 77.9 Å². The molecule has 160 valence electrons. The summed E-state index contributed by atoms with van der Waals surface area (Å²) >= 11 is 0.